The summed E-state index contributed by atoms with van der Waals surface area (Å²) in [5, 5.41) is 3.37. The van der Waals surface area contributed by atoms with Crippen LogP contribution in [0.4, 0.5) is 0 Å². The molecule has 0 spiro atoms. The predicted molar refractivity (Wildman–Crippen MR) is 69.4 cm³/mol. The minimum atomic E-state index is -0.0979. The van der Waals surface area contributed by atoms with Crippen molar-refractivity contribution in [1.29, 1.82) is 0 Å². The van der Waals surface area contributed by atoms with Crippen molar-refractivity contribution in [3.63, 3.8) is 0 Å². The van der Waals surface area contributed by atoms with Crippen LogP contribution in [0.15, 0.2) is 0 Å². The Morgan fingerprint density at radius 3 is 2.33 bits per heavy atom. The van der Waals surface area contributed by atoms with E-state index in [1.54, 1.807) is 11.9 Å². The molecule has 3 saturated heterocycles. The van der Waals surface area contributed by atoms with E-state index >= 15 is 0 Å². The highest BCUT2D eigenvalue weighted by atomic mass is 35.5. The maximum Gasteiger partial charge on any atom is 0.228 e. The third-order valence-electron chi connectivity index (χ3n) is 4.39. The molecule has 2 amide bonds. The van der Waals surface area contributed by atoms with Gasteiger partial charge in [-0.25, -0.2) is 0 Å². The van der Waals surface area contributed by atoms with Gasteiger partial charge in [0.15, 0.2) is 0 Å². The normalized spacial score (nSPS) is 34.7. The van der Waals surface area contributed by atoms with Gasteiger partial charge in [-0.3, -0.25) is 9.59 Å². The molecular weight excluding hydrogens is 254 g/mol. The Bertz CT molecular complexity index is 351. The van der Waals surface area contributed by atoms with Gasteiger partial charge in [0.1, 0.15) is 0 Å². The minimum absolute atomic E-state index is 0. The topological polar surface area (TPSA) is 52.7 Å². The van der Waals surface area contributed by atoms with Crippen LogP contribution >= 0.6 is 12.4 Å². The monoisotopic (exact) mass is 273 g/mol. The van der Waals surface area contributed by atoms with Crippen LogP contribution in [0.3, 0.4) is 0 Å². The van der Waals surface area contributed by atoms with E-state index in [1.807, 2.05) is 4.90 Å². The number of hydrogen-bond donors (Lipinski definition) is 1. The number of nitrogens with zero attached hydrogens (tertiary/aromatic N) is 2. The van der Waals surface area contributed by atoms with Crippen LogP contribution in [-0.4, -0.2) is 61.4 Å². The summed E-state index contributed by atoms with van der Waals surface area (Å²) in [5.74, 6) is 1.46. The van der Waals surface area contributed by atoms with Gasteiger partial charge in [-0.15, -0.1) is 12.4 Å². The molecule has 3 aliphatic rings. The molecule has 6 heteroatoms. The van der Waals surface area contributed by atoms with Crippen molar-refractivity contribution >= 4 is 24.2 Å². The summed E-state index contributed by atoms with van der Waals surface area (Å²) >= 11 is 0. The van der Waals surface area contributed by atoms with Gasteiger partial charge in [0.2, 0.25) is 11.8 Å². The summed E-state index contributed by atoms with van der Waals surface area (Å²) in [6, 6.07) is 0. The van der Waals surface area contributed by atoms with Crippen LogP contribution in [-0.2, 0) is 9.59 Å². The number of fused-ring (bicyclic) bond motifs is 1. The lowest BCUT2D eigenvalue weighted by molar-refractivity contribution is -0.135. The number of carbonyl (C=O) groups excluding carboxylic acids is 2. The molecule has 3 atom stereocenters. The zero-order valence-electron chi connectivity index (χ0n) is 10.6. The lowest BCUT2D eigenvalue weighted by atomic mass is 10.0. The average molecular weight is 274 g/mol. The van der Waals surface area contributed by atoms with Gasteiger partial charge in [0.05, 0.1) is 5.92 Å². The minimum Gasteiger partial charge on any atom is -0.345 e. The fraction of sp³-hybridized carbons (Fsp3) is 0.833. The number of carbonyl (C=O) groups is 2. The molecule has 3 rings (SSSR count). The van der Waals surface area contributed by atoms with Crippen molar-refractivity contribution in [2.75, 3.05) is 39.8 Å². The summed E-state index contributed by atoms with van der Waals surface area (Å²) in [7, 11) is 1.78. The molecule has 0 aromatic heterocycles. The third kappa shape index (κ3) is 2.21. The first-order valence-electron chi connectivity index (χ1n) is 6.38. The number of amides is 2. The van der Waals surface area contributed by atoms with Crippen LogP contribution in [0.5, 0.6) is 0 Å². The fourth-order valence-corrected chi connectivity index (χ4v) is 3.32. The maximum atomic E-state index is 12.3. The molecule has 0 aromatic rings. The van der Waals surface area contributed by atoms with Crippen molar-refractivity contribution in [2.24, 2.45) is 17.8 Å². The Hall–Kier alpha value is -0.810. The fourth-order valence-electron chi connectivity index (χ4n) is 3.32. The van der Waals surface area contributed by atoms with E-state index in [9.17, 15) is 9.59 Å². The highest BCUT2D eigenvalue weighted by molar-refractivity contribution is 5.89. The van der Waals surface area contributed by atoms with Crippen molar-refractivity contribution in [3.05, 3.63) is 0 Å². The molecular formula is C12H20ClN3O2. The second kappa shape index (κ2) is 5.05. The summed E-state index contributed by atoms with van der Waals surface area (Å²) < 4.78 is 0. The van der Waals surface area contributed by atoms with Crippen LogP contribution in [0.2, 0.25) is 0 Å². The number of halogens is 1. The molecule has 3 fully saturated rings. The van der Waals surface area contributed by atoms with Crippen LogP contribution in [0, 0.1) is 17.8 Å². The molecule has 0 radical (unpaired) electrons. The molecule has 3 aliphatic heterocycles. The van der Waals surface area contributed by atoms with Gasteiger partial charge < -0.3 is 15.1 Å². The van der Waals surface area contributed by atoms with Gasteiger partial charge in [-0.2, -0.15) is 0 Å². The molecule has 102 valence electrons. The number of likely N-dealkylation sites (tertiary alicyclic amines) is 2. The molecule has 0 saturated carbocycles. The highest BCUT2D eigenvalue weighted by Gasteiger charge is 2.42. The first-order valence-corrected chi connectivity index (χ1v) is 6.38. The Balaban J connectivity index is 0.00000120. The van der Waals surface area contributed by atoms with Crippen LogP contribution in [0.25, 0.3) is 0 Å². The molecule has 0 bridgehead atoms. The molecule has 1 N–H and O–H groups in total. The molecule has 0 aliphatic carbocycles. The summed E-state index contributed by atoms with van der Waals surface area (Å²) in [5.41, 5.74) is 0. The Labute approximate surface area is 113 Å². The maximum absolute atomic E-state index is 12.3. The van der Waals surface area contributed by atoms with Gasteiger partial charge in [-0.05, 0) is 11.8 Å². The van der Waals surface area contributed by atoms with Crippen molar-refractivity contribution in [1.82, 2.24) is 15.1 Å². The zero-order chi connectivity index (χ0) is 12.0. The first kappa shape index (κ1) is 13.6. The van der Waals surface area contributed by atoms with E-state index in [0.717, 1.165) is 26.2 Å². The molecule has 3 heterocycles. The van der Waals surface area contributed by atoms with E-state index in [2.05, 4.69) is 5.32 Å². The second-order valence-corrected chi connectivity index (χ2v) is 5.60. The third-order valence-corrected chi connectivity index (χ3v) is 4.39. The van der Waals surface area contributed by atoms with Crippen molar-refractivity contribution in [3.8, 4) is 0 Å². The Morgan fingerprint density at radius 1 is 1.22 bits per heavy atom. The second-order valence-electron chi connectivity index (χ2n) is 5.60. The molecule has 0 aromatic carbocycles. The molecule has 1 unspecified atom stereocenters. The number of hydrogen-bond acceptors (Lipinski definition) is 3. The molecule has 18 heavy (non-hydrogen) atoms. The smallest absolute Gasteiger partial charge is 0.228 e. The van der Waals surface area contributed by atoms with E-state index in [4.69, 9.17) is 0 Å². The van der Waals surface area contributed by atoms with Crippen molar-refractivity contribution < 1.29 is 9.59 Å². The Morgan fingerprint density at radius 2 is 1.83 bits per heavy atom. The summed E-state index contributed by atoms with van der Waals surface area (Å²) in [6.45, 7) is 4.44. The summed E-state index contributed by atoms with van der Waals surface area (Å²) in [6.07, 6.45) is 0.402. The first-order chi connectivity index (χ1) is 8.15. The summed E-state index contributed by atoms with van der Waals surface area (Å²) in [4.78, 5) is 27.4. The van der Waals surface area contributed by atoms with Crippen LogP contribution < -0.4 is 5.32 Å². The average Bonchev–Trinajstić information content (AvgIpc) is 2.92. The highest BCUT2D eigenvalue weighted by Crippen LogP contribution is 2.29. The standard InChI is InChI=1S/C12H19N3O2.ClH/c1-14-5-8(2-11(14)16)12(17)15-6-9-3-13-4-10(9)7-15;/h8-10,13H,2-7H2,1H3;1H/t8?,9-,10+;. The lowest BCUT2D eigenvalue weighted by Gasteiger charge is -2.21. The van der Waals surface area contributed by atoms with Gasteiger partial charge in [0.25, 0.3) is 0 Å². The van der Waals surface area contributed by atoms with E-state index in [-0.39, 0.29) is 30.1 Å². The zero-order valence-corrected chi connectivity index (χ0v) is 11.4. The van der Waals surface area contributed by atoms with Gasteiger partial charge in [-0.1, -0.05) is 0 Å². The largest absolute Gasteiger partial charge is 0.345 e. The van der Waals surface area contributed by atoms with E-state index < -0.39 is 0 Å². The Kier molecular flexibility index (Phi) is 3.82. The molecule has 5 nitrogen and oxygen atoms in total. The quantitative estimate of drug-likeness (QED) is 0.705. The SMILES string of the molecule is CN1CC(C(=O)N2C[C@H]3CNC[C@H]3C2)CC1=O.Cl. The van der Waals surface area contributed by atoms with Gasteiger partial charge >= 0.3 is 0 Å². The number of rotatable bonds is 1. The lowest BCUT2D eigenvalue weighted by Crippen LogP contribution is -2.37. The van der Waals surface area contributed by atoms with Gasteiger partial charge in [0, 0.05) is 46.2 Å². The van der Waals surface area contributed by atoms with E-state index in [0.29, 0.717) is 24.8 Å². The van der Waals surface area contributed by atoms with Crippen molar-refractivity contribution in [2.45, 2.75) is 6.42 Å². The number of nitrogens with one attached hydrogen (secondary N) is 1. The predicted octanol–water partition coefficient (Wildman–Crippen LogP) is -0.436. The van der Waals surface area contributed by atoms with Crippen LogP contribution in [0.1, 0.15) is 6.42 Å². The van der Waals surface area contributed by atoms with E-state index in [1.165, 1.54) is 0 Å².